The quantitative estimate of drug-likeness (QED) is 0.423. The lowest BCUT2D eigenvalue weighted by Gasteiger charge is -2.15. The van der Waals surface area contributed by atoms with Gasteiger partial charge in [-0.05, 0) is 85.0 Å². The van der Waals surface area contributed by atoms with Gasteiger partial charge in [-0.25, -0.2) is 4.39 Å². The summed E-state index contributed by atoms with van der Waals surface area (Å²) < 4.78 is 13.8. The van der Waals surface area contributed by atoms with Crippen molar-refractivity contribution in [2.45, 2.75) is 20.8 Å². The molecule has 3 aromatic rings. The molecule has 0 radical (unpaired) electrons. The molecule has 30 heavy (non-hydrogen) atoms. The van der Waals surface area contributed by atoms with Gasteiger partial charge in [-0.1, -0.05) is 12.1 Å². The summed E-state index contributed by atoms with van der Waals surface area (Å²) in [6.45, 7) is 6.67. The number of hydrogen-bond donors (Lipinski definition) is 2. The number of rotatable bonds is 7. The van der Waals surface area contributed by atoms with E-state index >= 15 is 0 Å². The first-order valence-corrected chi connectivity index (χ1v) is 11.2. The molecule has 3 nitrogen and oxygen atoms in total. The van der Waals surface area contributed by atoms with Gasteiger partial charge in [0.15, 0.2) is 0 Å². The van der Waals surface area contributed by atoms with Crippen LogP contribution in [0, 0.1) is 19.7 Å². The summed E-state index contributed by atoms with van der Waals surface area (Å²) in [6.07, 6.45) is 6.04. The number of pyridine rings is 1. The van der Waals surface area contributed by atoms with Crippen molar-refractivity contribution in [3.63, 3.8) is 0 Å². The van der Waals surface area contributed by atoms with Crippen molar-refractivity contribution in [1.29, 1.82) is 0 Å². The number of aromatic nitrogens is 1. The minimum atomic E-state index is -0.205. The van der Waals surface area contributed by atoms with Gasteiger partial charge in [0.1, 0.15) is 5.82 Å². The molecule has 0 aliphatic rings. The average Bonchev–Trinajstić information content (AvgIpc) is 2.76. The average molecular weight is 424 g/mol. The predicted octanol–water partition coefficient (Wildman–Crippen LogP) is 7.14. The van der Waals surface area contributed by atoms with Gasteiger partial charge in [-0.2, -0.15) is 0 Å². The highest BCUT2D eigenvalue weighted by Crippen LogP contribution is 2.35. The van der Waals surface area contributed by atoms with E-state index in [1.807, 2.05) is 26.2 Å². The van der Waals surface area contributed by atoms with Crippen LogP contribution >= 0.6 is 11.8 Å². The summed E-state index contributed by atoms with van der Waals surface area (Å²) in [5, 5.41) is 6.68. The fourth-order valence-corrected chi connectivity index (χ4v) is 3.85. The van der Waals surface area contributed by atoms with Gasteiger partial charge in [0.2, 0.25) is 0 Å². The minimum absolute atomic E-state index is 0. The molecule has 0 atom stereocenters. The number of aryl methyl sites for hydroxylation is 2. The third-order valence-corrected chi connectivity index (χ3v) is 6.08. The number of hydrogen-bond acceptors (Lipinski definition) is 4. The van der Waals surface area contributed by atoms with Crippen LogP contribution in [0.4, 0.5) is 15.8 Å². The molecule has 0 aliphatic heterocycles. The monoisotopic (exact) mass is 423 g/mol. The minimum Gasteiger partial charge on any atom is -0.388 e. The Hall–Kier alpha value is -2.79. The number of thioether (sulfide) groups is 1. The van der Waals surface area contributed by atoms with Crippen LogP contribution in [0.3, 0.4) is 0 Å². The maximum absolute atomic E-state index is 13.8. The van der Waals surface area contributed by atoms with Gasteiger partial charge in [0, 0.05) is 31.8 Å². The van der Waals surface area contributed by atoms with Crippen LogP contribution < -0.4 is 10.6 Å². The van der Waals surface area contributed by atoms with Crippen molar-refractivity contribution in [2.24, 2.45) is 0 Å². The number of nitrogens with zero attached hydrogens (tertiary/aromatic N) is 1. The maximum Gasteiger partial charge on any atom is 0.126 e. The topological polar surface area (TPSA) is 37.0 Å². The van der Waals surface area contributed by atoms with Gasteiger partial charge in [0.05, 0.1) is 17.6 Å². The van der Waals surface area contributed by atoms with Crippen LogP contribution in [-0.4, -0.2) is 24.8 Å². The molecule has 0 fully saturated rings. The number of nitrogens with one attached hydrogen (secondary N) is 2. The summed E-state index contributed by atoms with van der Waals surface area (Å²) >= 11 is 1.73. The van der Waals surface area contributed by atoms with Gasteiger partial charge in [-0.15, -0.1) is 11.8 Å². The number of allylic oxidation sites excluding steroid dienone is 1. The lowest BCUT2D eigenvalue weighted by molar-refractivity contribution is 0.619. The van der Waals surface area contributed by atoms with Crippen molar-refractivity contribution in [3.8, 4) is 22.4 Å². The van der Waals surface area contributed by atoms with E-state index in [1.54, 1.807) is 24.8 Å². The van der Waals surface area contributed by atoms with E-state index in [0.29, 0.717) is 5.56 Å². The first-order chi connectivity index (χ1) is 14.5. The fourth-order valence-electron chi connectivity index (χ4n) is 3.40. The van der Waals surface area contributed by atoms with Crippen LogP contribution in [0.2, 0.25) is 0 Å². The molecule has 5 heteroatoms. The Labute approximate surface area is 184 Å². The normalized spacial score (nSPS) is 11.5. The second-order valence-electron chi connectivity index (χ2n) is 7.18. The Morgan fingerprint density at radius 2 is 1.83 bits per heavy atom. The SMILES string of the molecule is C/C=C(/CNc1cnc(-c2ccc(F)c(C)c2)c(-c2ccc(NC)c(C)c2)c1)SC.[HH]. The zero-order valence-electron chi connectivity index (χ0n) is 18.1. The molecule has 0 saturated carbocycles. The summed E-state index contributed by atoms with van der Waals surface area (Å²) in [5.41, 5.74) is 7.67. The zero-order valence-corrected chi connectivity index (χ0v) is 19.0. The third-order valence-electron chi connectivity index (χ3n) is 5.18. The van der Waals surface area contributed by atoms with Gasteiger partial charge < -0.3 is 10.6 Å². The van der Waals surface area contributed by atoms with Crippen molar-refractivity contribution in [2.75, 3.05) is 30.5 Å². The van der Waals surface area contributed by atoms with Gasteiger partial charge >= 0.3 is 0 Å². The first-order valence-electron chi connectivity index (χ1n) is 9.95. The highest BCUT2D eigenvalue weighted by atomic mass is 32.2. The molecule has 0 spiro atoms. The summed E-state index contributed by atoms with van der Waals surface area (Å²) in [7, 11) is 1.92. The van der Waals surface area contributed by atoms with Crippen LogP contribution in [0.5, 0.6) is 0 Å². The van der Waals surface area contributed by atoms with E-state index in [2.05, 4.69) is 54.2 Å². The molecular weight excluding hydrogens is 393 g/mol. The molecule has 2 N–H and O–H groups in total. The third kappa shape index (κ3) is 4.85. The largest absolute Gasteiger partial charge is 0.388 e. The summed E-state index contributed by atoms with van der Waals surface area (Å²) in [6, 6.07) is 13.6. The van der Waals surface area contributed by atoms with E-state index < -0.39 is 0 Å². The highest BCUT2D eigenvalue weighted by Gasteiger charge is 2.13. The Morgan fingerprint density at radius 1 is 1.10 bits per heavy atom. The Balaban J connectivity index is 0.00000341. The standard InChI is InChI=1S/C25H28FN3S.H2/c1-6-21(30-5)15-28-20-13-22(18-8-10-24(27-4)17(3)12-18)25(29-14-20)19-7-9-23(26)16(2)11-19;/h6-14,27-28H,15H2,1-5H3;1H/b21-6-;. The van der Waals surface area contributed by atoms with Crippen molar-refractivity contribution >= 4 is 23.1 Å². The highest BCUT2D eigenvalue weighted by molar-refractivity contribution is 8.02. The molecule has 0 amide bonds. The Bertz CT molecular complexity index is 1080. The van der Waals surface area contributed by atoms with Crippen molar-refractivity contribution in [3.05, 3.63) is 76.6 Å². The fraction of sp³-hybridized carbons (Fsp3) is 0.240. The van der Waals surface area contributed by atoms with E-state index in [4.69, 9.17) is 4.98 Å². The number of anilines is 2. The van der Waals surface area contributed by atoms with E-state index in [-0.39, 0.29) is 7.24 Å². The molecule has 1 heterocycles. The van der Waals surface area contributed by atoms with Crippen molar-refractivity contribution in [1.82, 2.24) is 4.98 Å². The van der Waals surface area contributed by atoms with Crippen LogP contribution in [0.25, 0.3) is 22.4 Å². The molecule has 3 rings (SSSR count). The number of halogens is 1. The molecule has 1 aromatic heterocycles. The Kier molecular flexibility index (Phi) is 7.16. The first kappa shape index (κ1) is 21.9. The second kappa shape index (κ2) is 9.81. The van der Waals surface area contributed by atoms with Crippen LogP contribution in [0.15, 0.2) is 59.6 Å². The maximum atomic E-state index is 13.8. The van der Waals surface area contributed by atoms with E-state index in [1.165, 1.54) is 11.0 Å². The zero-order chi connectivity index (χ0) is 21.7. The Morgan fingerprint density at radius 3 is 2.47 bits per heavy atom. The number of benzene rings is 2. The lowest BCUT2D eigenvalue weighted by Crippen LogP contribution is -2.04. The second-order valence-corrected chi connectivity index (χ2v) is 8.11. The molecule has 0 unspecified atom stereocenters. The van der Waals surface area contributed by atoms with E-state index in [0.717, 1.165) is 45.9 Å². The molecule has 0 saturated heterocycles. The van der Waals surface area contributed by atoms with E-state index in [9.17, 15) is 4.39 Å². The molecule has 0 aliphatic carbocycles. The predicted molar refractivity (Wildman–Crippen MR) is 132 cm³/mol. The molecule has 2 aromatic carbocycles. The molecule has 0 bridgehead atoms. The lowest BCUT2D eigenvalue weighted by atomic mass is 9.96. The summed E-state index contributed by atoms with van der Waals surface area (Å²) in [4.78, 5) is 6.04. The van der Waals surface area contributed by atoms with Crippen LogP contribution in [-0.2, 0) is 0 Å². The molecule has 158 valence electrons. The molecular formula is C25H30FN3S. The smallest absolute Gasteiger partial charge is 0.126 e. The van der Waals surface area contributed by atoms with Crippen LogP contribution in [0.1, 0.15) is 19.5 Å². The van der Waals surface area contributed by atoms with Gasteiger partial charge in [0.25, 0.3) is 0 Å². The summed E-state index contributed by atoms with van der Waals surface area (Å²) in [5.74, 6) is -0.205. The van der Waals surface area contributed by atoms with Gasteiger partial charge in [-0.3, -0.25) is 4.98 Å². The van der Waals surface area contributed by atoms with Crippen molar-refractivity contribution < 1.29 is 5.82 Å².